The Balaban J connectivity index is 1.71. The van der Waals surface area contributed by atoms with Gasteiger partial charge in [0.1, 0.15) is 0 Å². The molecule has 0 unspecified atom stereocenters. The molecule has 10 heteroatoms. The van der Waals surface area contributed by atoms with Gasteiger partial charge in [-0.25, -0.2) is 4.98 Å². The van der Waals surface area contributed by atoms with Crippen molar-refractivity contribution >= 4 is 34.3 Å². The highest BCUT2D eigenvalue weighted by Crippen LogP contribution is 2.26. The first kappa shape index (κ1) is 23.9. The minimum atomic E-state index is -0.431. The molecule has 1 aliphatic rings. The van der Waals surface area contributed by atoms with Crippen molar-refractivity contribution in [2.45, 2.75) is 56.3 Å². The van der Waals surface area contributed by atoms with Gasteiger partial charge in [-0.1, -0.05) is 23.9 Å². The van der Waals surface area contributed by atoms with E-state index in [9.17, 15) is 19.7 Å². The molecule has 0 bridgehead atoms. The first-order valence-electron chi connectivity index (χ1n) is 11.1. The van der Waals surface area contributed by atoms with E-state index in [1.54, 1.807) is 34.9 Å². The van der Waals surface area contributed by atoms with Crippen LogP contribution in [0, 0.1) is 10.1 Å². The Morgan fingerprint density at radius 2 is 2.15 bits per heavy atom. The Bertz CT molecular complexity index is 1280. The second kappa shape index (κ2) is 10.4. The number of non-ortho nitro benzene ring substituents is 1. The molecule has 1 atom stereocenters. The lowest BCUT2D eigenvalue weighted by molar-refractivity contribution is -0.384. The van der Waals surface area contributed by atoms with Gasteiger partial charge in [-0.05, 0) is 50.5 Å². The van der Waals surface area contributed by atoms with Crippen molar-refractivity contribution < 1.29 is 14.5 Å². The zero-order chi connectivity index (χ0) is 24.2. The smallest absolute Gasteiger partial charge is 0.269 e. The van der Waals surface area contributed by atoms with Crippen LogP contribution in [0.15, 0.2) is 52.4 Å². The van der Waals surface area contributed by atoms with Gasteiger partial charge >= 0.3 is 0 Å². The molecule has 0 spiro atoms. The summed E-state index contributed by atoms with van der Waals surface area (Å²) in [6.07, 6.45) is 1.75. The first-order valence-corrected chi connectivity index (χ1v) is 12.1. The number of nitrogens with zero attached hydrogens (tertiary/aromatic N) is 3. The van der Waals surface area contributed by atoms with E-state index in [0.717, 1.165) is 18.4 Å². The number of aromatic nitrogens is 2. The maximum Gasteiger partial charge on any atom is 0.269 e. The van der Waals surface area contributed by atoms with Gasteiger partial charge in [0, 0.05) is 36.1 Å². The maximum absolute atomic E-state index is 13.4. The van der Waals surface area contributed by atoms with Crippen molar-refractivity contribution in [2.24, 2.45) is 0 Å². The number of nitro groups is 1. The number of hydrogen-bond donors (Lipinski definition) is 1. The van der Waals surface area contributed by atoms with Crippen LogP contribution in [0.1, 0.15) is 42.6 Å². The predicted molar refractivity (Wildman–Crippen MR) is 130 cm³/mol. The molecule has 1 saturated heterocycles. The van der Waals surface area contributed by atoms with Gasteiger partial charge in [-0.2, -0.15) is 0 Å². The highest BCUT2D eigenvalue weighted by atomic mass is 32.2. The number of carbonyl (C=O) groups is 1. The van der Waals surface area contributed by atoms with E-state index in [-0.39, 0.29) is 29.3 Å². The van der Waals surface area contributed by atoms with Crippen LogP contribution in [0.2, 0.25) is 0 Å². The maximum atomic E-state index is 13.4. The second-order valence-electron chi connectivity index (χ2n) is 8.52. The van der Waals surface area contributed by atoms with Crippen LogP contribution in [0.5, 0.6) is 0 Å². The highest BCUT2D eigenvalue weighted by molar-refractivity contribution is 7.98. The lowest BCUT2D eigenvalue weighted by Gasteiger charge is -2.17. The number of fused-ring (bicyclic) bond motifs is 1. The SMILES string of the molecule is CC(C)NC(=O)c1ccc2c(=O)n(C[C@@H]3CCCO3)c(SCc3cccc([N+](=O)[O-])c3)nc2c1. The van der Waals surface area contributed by atoms with Crippen molar-refractivity contribution in [3.8, 4) is 0 Å². The van der Waals surface area contributed by atoms with Gasteiger partial charge in [0.25, 0.3) is 17.2 Å². The number of thioether (sulfide) groups is 1. The third-order valence-corrected chi connectivity index (χ3v) is 6.55. The van der Waals surface area contributed by atoms with Gasteiger partial charge in [0.15, 0.2) is 5.16 Å². The molecule has 1 amide bonds. The lowest BCUT2D eigenvalue weighted by Crippen LogP contribution is -2.31. The molecule has 1 fully saturated rings. The molecule has 178 valence electrons. The predicted octanol–water partition coefficient (Wildman–Crippen LogP) is 3.91. The molecule has 3 aromatic rings. The van der Waals surface area contributed by atoms with Crippen molar-refractivity contribution in [1.29, 1.82) is 0 Å². The van der Waals surface area contributed by atoms with Crippen LogP contribution in [0.4, 0.5) is 5.69 Å². The summed E-state index contributed by atoms with van der Waals surface area (Å²) in [7, 11) is 0. The first-order chi connectivity index (χ1) is 16.3. The minimum absolute atomic E-state index is 0.0159. The molecule has 34 heavy (non-hydrogen) atoms. The number of hydrogen-bond acceptors (Lipinski definition) is 7. The third kappa shape index (κ3) is 5.45. The van der Waals surface area contributed by atoms with E-state index < -0.39 is 4.92 Å². The van der Waals surface area contributed by atoms with E-state index >= 15 is 0 Å². The Kier molecular flexibility index (Phi) is 7.28. The Hall–Kier alpha value is -3.24. The summed E-state index contributed by atoms with van der Waals surface area (Å²) in [4.78, 5) is 41.3. The Labute approximate surface area is 200 Å². The lowest BCUT2D eigenvalue weighted by atomic mass is 10.1. The largest absolute Gasteiger partial charge is 0.376 e. The van der Waals surface area contributed by atoms with Crippen molar-refractivity contribution in [1.82, 2.24) is 14.9 Å². The second-order valence-corrected chi connectivity index (χ2v) is 9.46. The number of carbonyl (C=O) groups excluding carboxylic acids is 1. The Morgan fingerprint density at radius 1 is 1.32 bits per heavy atom. The van der Waals surface area contributed by atoms with Gasteiger partial charge in [0.2, 0.25) is 0 Å². The third-order valence-electron chi connectivity index (χ3n) is 5.50. The van der Waals surface area contributed by atoms with Gasteiger partial charge in [-0.15, -0.1) is 0 Å². The molecular weight excluding hydrogens is 456 g/mol. The fraction of sp³-hybridized carbons (Fsp3) is 0.375. The monoisotopic (exact) mass is 482 g/mol. The molecule has 4 rings (SSSR count). The number of nitro benzene ring substituents is 1. The molecule has 2 aromatic carbocycles. The van der Waals surface area contributed by atoms with E-state index in [0.29, 0.717) is 40.5 Å². The summed E-state index contributed by atoms with van der Waals surface area (Å²) in [6, 6.07) is 11.3. The van der Waals surface area contributed by atoms with Gasteiger partial charge in [0.05, 0.1) is 28.5 Å². The van der Waals surface area contributed by atoms with Crippen LogP contribution in [-0.2, 0) is 17.0 Å². The van der Waals surface area contributed by atoms with Gasteiger partial charge in [-0.3, -0.25) is 24.3 Å². The minimum Gasteiger partial charge on any atom is -0.376 e. The quantitative estimate of drug-likeness (QED) is 0.224. The standard InChI is InChI=1S/C24H26N4O5S/c1-15(2)25-22(29)17-8-9-20-21(12-17)26-24(27(23(20)30)13-19-7-4-10-33-19)34-14-16-5-3-6-18(11-16)28(31)32/h3,5-6,8-9,11-12,15,19H,4,7,10,13-14H2,1-2H3,(H,25,29)/t19-/m0/s1. The van der Waals surface area contributed by atoms with E-state index in [1.165, 1.54) is 23.9 Å². The molecule has 0 radical (unpaired) electrons. The summed E-state index contributed by atoms with van der Waals surface area (Å²) in [6.45, 7) is 4.81. The van der Waals surface area contributed by atoms with Crippen molar-refractivity contribution in [3.05, 3.63) is 74.1 Å². The van der Waals surface area contributed by atoms with Crippen LogP contribution in [0.3, 0.4) is 0 Å². The van der Waals surface area contributed by atoms with Crippen molar-refractivity contribution in [2.75, 3.05) is 6.61 Å². The zero-order valence-electron chi connectivity index (χ0n) is 19.0. The number of amides is 1. The summed E-state index contributed by atoms with van der Waals surface area (Å²) in [5.74, 6) is 0.173. The molecular formula is C24H26N4O5S. The molecule has 9 nitrogen and oxygen atoms in total. The van der Waals surface area contributed by atoms with Crippen molar-refractivity contribution in [3.63, 3.8) is 0 Å². The molecule has 0 saturated carbocycles. The topological polar surface area (TPSA) is 116 Å². The summed E-state index contributed by atoms with van der Waals surface area (Å²) >= 11 is 1.33. The normalized spacial score (nSPS) is 15.7. The van der Waals surface area contributed by atoms with Crippen LogP contribution in [-0.4, -0.2) is 39.1 Å². The average Bonchev–Trinajstić information content (AvgIpc) is 3.32. The molecule has 1 N–H and O–H groups in total. The molecule has 1 aliphatic heterocycles. The van der Waals surface area contributed by atoms with Crippen LogP contribution in [0.25, 0.3) is 10.9 Å². The summed E-state index contributed by atoms with van der Waals surface area (Å²) in [5.41, 5.74) is 1.44. The van der Waals surface area contributed by atoms with Gasteiger partial charge < -0.3 is 10.1 Å². The molecule has 0 aliphatic carbocycles. The fourth-order valence-corrected chi connectivity index (χ4v) is 4.81. The van der Waals surface area contributed by atoms with Crippen LogP contribution < -0.4 is 10.9 Å². The molecule has 1 aromatic heterocycles. The average molecular weight is 483 g/mol. The fourth-order valence-electron chi connectivity index (χ4n) is 3.86. The van der Waals surface area contributed by atoms with E-state index in [4.69, 9.17) is 9.72 Å². The number of nitrogens with one attached hydrogen (secondary N) is 1. The Morgan fingerprint density at radius 3 is 2.85 bits per heavy atom. The zero-order valence-corrected chi connectivity index (χ0v) is 19.8. The van der Waals surface area contributed by atoms with Crippen LogP contribution >= 0.6 is 11.8 Å². The molecule has 2 heterocycles. The highest BCUT2D eigenvalue weighted by Gasteiger charge is 2.21. The summed E-state index contributed by atoms with van der Waals surface area (Å²) < 4.78 is 7.37. The van der Waals surface area contributed by atoms with E-state index in [2.05, 4.69) is 5.32 Å². The number of benzene rings is 2. The number of ether oxygens (including phenoxy) is 1. The number of rotatable bonds is 8. The van der Waals surface area contributed by atoms with E-state index in [1.807, 2.05) is 13.8 Å². The summed E-state index contributed by atoms with van der Waals surface area (Å²) in [5, 5.41) is 14.9.